The minimum atomic E-state index is -4.37. The molecule has 186 valence electrons. The number of benzene rings is 3. The number of nitrogens with zero attached hydrogens (tertiary/aromatic N) is 2. The topological polar surface area (TPSA) is 40.6 Å². The molecule has 1 aliphatic rings. The van der Waals surface area contributed by atoms with E-state index in [-0.39, 0.29) is 10.9 Å². The van der Waals surface area contributed by atoms with E-state index in [0.29, 0.717) is 43.7 Å². The Morgan fingerprint density at radius 3 is 2.17 bits per heavy atom. The number of aryl methyl sites for hydroxylation is 2. The molecule has 0 N–H and O–H groups in total. The van der Waals surface area contributed by atoms with Gasteiger partial charge >= 0.3 is 6.18 Å². The van der Waals surface area contributed by atoms with Crippen LogP contribution in [0.4, 0.5) is 18.9 Å². The zero-order valence-electron chi connectivity index (χ0n) is 19.8. The second-order valence-corrected chi connectivity index (χ2v) is 11.0. The smallest absolute Gasteiger partial charge is 0.299 e. The normalized spacial score (nSPS) is 15.8. The molecule has 4 nitrogen and oxygen atoms in total. The number of anilines is 1. The van der Waals surface area contributed by atoms with Crippen LogP contribution in [-0.4, -0.2) is 32.4 Å². The minimum absolute atomic E-state index is 0.249. The lowest BCUT2D eigenvalue weighted by atomic mass is 10.0. The predicted molar refractivity (Wildman–Crippen MR) is 132 cm³/mol. The van der Waals surface area contributed by atoms with Crippen LogP contribution in [0.15, 0.2) is 77.7 Å². The second-order valence-electron chi connectivity index (χ2n) is 9.16. The zero-order valence-corrected chi connectivity index (χ0v) is 20.6. The number of likely N-dealkylation sites (tertiary alicyclic amines) is 1. The summed E-state index contributed by atoms with van der Waals surface area (Å²) in [5.74, 6) is 0. The van der Waals surface area contributed by atoms with Gasteiger partial charge in [0.25, 0.3) is 10.0 Å². The standard InChI is InChI=1S/C27H29F3N2O2S/c1-20-9-11-24(12-10-20)32(35(33,34)26-8-3-5-21(2)17-26)25-13-15-31(16-14-25)19-22-6-4-7-23(18-22)27(28,29)30/h3-12,17-18,25H,13-16,19H2,1-2H3. The molecule has 0 spiro atoms. The van der Waals surface area contributed by atoms with Gasteiger partial charge in [-0.25, -0.2) is 8.42 Å². The van der Waals surface area contributed by atoms with Crippen LogP contribution < -0.4 is 4.31 Å². The van der Waals surface area contributed by atoms with Gasteiger partial charge in [0.2, 0.25) is 0 Å². The first-order valence-corrected chi connectivity index (χ1v) is 13.0. The second kappa shape index (κ2) is 10.0. The van der Waals surface area contributed by atoms with Crippen molar-refractivity contribution < 1.29 is 21.6 Å². The van der Waals surface area contributed by atoms with Crippen molar-refractivity contribution in [3.05, 3.63) is 95.1 Å². The molecule has 0 unspecified atom stereocenters. The molecule has 0 amide bonds. The molecule has 0 saturated carbocycles. The van der Waals surface area contributed by atoms with E-state index in [1.807, 2.05) is 44.2 Å². The molecule has 3 aromatic carbocycles. The lowest BCUT2D eigenvalue weighted by Crippen LogP contribution is -2.47. The van der Waals surface area contributed by atoms with Gasteiger partial charge in [-0.3, -0.25) is 9.21 Å². The average molecular weight is 503 g/mol. The molecule has 0 aromatic heterocycles. The fourth-order valence-corrected chi connectivity index (χ4v) is 6.36. The highest BCUT2D eigenvalue weighted by Crippen LogP contribution is 2.32. The summed E-state index contributed by atoms with van der Waals surface area (Å²) in [6.45, 7) is 5.39. The van der Waals surface area contributed by atoms with E-state index in [0.717, 1.165) is 17.2 Å². The lowest BCUT2D eigenvalue weighted by Gasteiger charge is -2.39. The van der Waals surface area contributed by atoms with Gasteiger partial charge in [0, 0.05) is 25.7 Å². The summed E-state index contributed by atoms with van der Waals surface area (Å²) in [7, 11) is -3.80. The van der Waals surface area contributed by atoms with Crippen molar-refractivity contribution in [3.63, 3.8) is 0 Å². The number of hydrogen-bond donors (Lipinski definition) is 0. The van der Waals surface area contributed by atoms with Crippen LogP contribution in [0.2, 0.25) is 0 Å². The minimum Gasteiger partial charge on any atom is -0.299 e. The fraction of sp³-hybridized carbons (Fsp3) is 0.333. The van der Waals surface area contributed by atoms with E-state index < -0.39 is 21.8 Å². The van der Waals surface area contributed by atoms with Gasteiger partial charge in [-0.1, -0.05) is 48.0 Å². The van der Waals surface area contributed by atoms with E-state index in [4.69, 9.17) is 0 Å². The molecule has 0 atom stereocenters. The highest BCUT2D eigenvalue weighted by atomic mass is 32.2. The summed E-state index contributed by atoms with van der Waals surface area (Å²) < 4.78 is 68.3. The lowest BCUT2D eigenvalue weighted by molar-refractivity contribution is -0.137. The summed E-state index contributed by atoms with van der Waals surface area (Å²) in [4.78, 5) is 2.34. The Kier molecular flexibility index (Phi) is 7.24. The van der Waals surface area contributed by atoms with Crippen molar-refractivity contribution in [1.82, 2.24) is 4.90 Å². The Labute approximate surface area is 205 Å². The third-order valence-electron chi connectivity index (χ3n) is 6.38. The number of halogens is 3. The Morgan fingerprint density at radius 1 is 0.886 bits per heavy atom. The monoisotopic (exact) mass is 502 g/mol. The third kappa shape index (κ3) is 5.87. The van der Waals surface area contributed by atoms with Crippen molar-refractivity contribution in [1.29, 1.82) is 0 Å². The Bertz CT molecular complexity index is 1270. The molecule has 8 heteroatoms. The maximum atomic E-state index is 13.8. The molecular weight excluding hydrogens is 473 g/mol. The van der Waals surface area contributed by atoms with Crippen molar-refractivity contribution in [2.75, 3.05) is 17.4 Å². The maximum absolute atomic E-state index is 13.8. The molecule has 0 bridgehead atoms. The molecule has 1 saturated heterocycles. The Morgan fingerprint density at radius 2 is 1.54 bits per heavy atom. The van der Waals surface area contributed by atoms with Gasteiger partial charge in [0.15, 0.2) is 0 Å². The van der Waals surface area contributed by atoms with Crippen LogP contribution in [0.1, 0.15) is 35.1 Å². The highest BCUT2D eigenvalue weighted by molar-refractivity contribution is 7.92. The number of hydrogen-bond acceptors (Lipinski definition) is 3. The van der Waals surface area contributed by atoms with E-state index >= 15 is 0 Å². The van der Waals surface area contributed by atoms with Crippen molar-refractivity contribution in [2.24, 2.45) is 0 Å². The van der Waals surface area contributed by atoms with Crippen LogP contribution in [-0.2, 0) is 22.7 Å². The first-order valence-electron chi connectivity index (χ1n) is 11.6. The number of sulfonamides is 1. The van der Waals surface area contributed by atoms with Gasteiger partial charge in [0.1, 0.15) is 0 Å². The van der Waals surface area contributed by atoms with E-state index in [1.165, 1.54) is 16.4 Å². The molecule has 1 aliphatic heterocycles. The summed E-state index contributed by atoms with van der Waals surface area (Å²) in [5.41, 5.74) is 2.47. The molecule has 3 aromatic rings. The fourth-order valence-electron chi connectivity index (χ4n) is 4.54. The molecule has 0 radical (unpaired) electrons. The quantitative estimate of drug-likeness (QED) is 0.404. The Hall–Kier alpha value is -2.84. The summed E-state index contributed by atoms with van der Waals surface area (Å²) in [5, 5.41) is 0. The van der Waals surface area contributed by atoms with Gasteiger partial charge in [-0.15, -0.1) is 0 Å². The summed E-state index contributed by atoms with van der Waals surface area (Å²) >= 11 is 0. The predicted octanol–water partition coefficient (Wildman–Crippen LogP) is 6.18. The van der Waals surface area contributed by atoms with E-state index in [2.05, 4.69) is 4.90 Å². The third-order valence-corrected chi connectivity index (χ3v) is 8.26. The molecule has 1 fully saturated rings. The van der Waals surface area contributed by atoms with Gasteiger partial charge in [0.05, 0.1) is 16.1 Å². The van der Waals surface area contributed by atoms with Crippen LogP contribution in [0.25, 0.3) is 0 Å². The van der Waals surface area contributed by atoms with Gasteiger partial charge < -0.3 is 0 Å². The average Bonchev–Trinajstić information content (AvgIpc) is 2.81. The first-order chi connectivity index (χ1) is 16.5. The van der Waals surface area contributed by atoms with E-state index in [9.17, 15) is 21.6 Å². The Balaban J connectivity index is 1.55. The van der Waals surface area contributed by atoms with Crippen molar-refractivity contribution in [3.8, 4) is 0 Å². The molecule has 35 heavy (non-hydrogen) atoms. The molecular formula is C27H29F3N2O2S. The van der Waals surface area contributed by atoms with Crippen molar-refractivity contribution >= 4 is 15.7 Å². The van der Waals surface area contributed by atoms with Crippen LogP contribution in [0, 0.1) is 13.8 Å². The van der Waals surface area contributed by atoms with Crippen LogP contribution >= 0.6 is 0 Å². The van der Waals surface area contributed by atoms with Gasteiger partial charge in [-0.2, -0.15) is 13.2 Å². The first kappa shape index (κ1) is 25.3. The zero-order chi connectivity index (χ0) is 25.2. The molecule has 0 aliphatic carbocycles. The van der Waals surface area contributed by atoms with E-state index in [1.54, 1.807) is 24.3 Å². The maximum Gasteiger partial charge on any atom is 0.416 e. The van der Waals surface area contributed by atoms with Crippen LogP contribution in [0.3, 0.4) is 0 Å². The number of piperidine rings is 1. The summed E-state index contributed by atoms with van der Waals surface area (Å²) in [6, 6.07) is 19.5. The molecule has 4 rings (SSSR count). The summed E-state index contributed by atoms with van der Waals surface area (Å²) in [6.07, 6.45) is -3.21. The van der Waals surface area contributed by atoms with Crippen LogP contribution in [0.5, 0.6) is 0 Å². The highest BCUT2D eigenvalue weighted by Gasteiger charge is 2.35. The largest absolute Gasteiger partial charge is 0.416 e. The van der Waals surface area contributed by atoms with Crippen molar-refractivity contribution in [2.45, 2.75) is 50.3 Å². The SMILES string of the molecule is Cc1ccc(N(C2CCN(Cc3cccc(C(F)(F)F)c3)CC2)S(=O)(=O)c2cccc(C)c2)cc1. The number of rotatable bonds is 6. The van der Waals surface area contributed by atoms with Gasteiger partial charge in [-0.05, 0) is 68.1 Å². The molecule has 1 heterocycles. The number of alkyl halides is 3.